The van der Waals surface area contributed by atoms with Crippen molar-refractivity contribution in [1.82, 2.24) is 10.3 Å². The summed E-state index contributed by atoms with van der Waals surface area (Å²) in [6.45, 7) is 2.06. The molecule has 1 atom stereocenters. The molecule has 2 nitrogen and oxygen atoms in total. The number of rotatable bonds is 4. The smallest absolute Gasteiger partial charge is 0.0708 e. The Kier molecular flexibility index (Phi) is 3.81. The lowest BCUT2D eigenvalue weighted by Gasteiger charge is -2.19. The van der Waals surface area contributed by atoms with Gasteiger partial charge >= 0.3 is 0 Å². The van der Waals surface area contributed by atoms with Gasteiger partial charge in [-0.25, -0.2) is 0 Å². The molecule has 0 amide bonds. The van der Waals surface area contributed by atoms with Crippen molar-refractivity contribution in [2.75, 3.05) is 7.05 Å². The van der Waals surface area contributed by atoms with Crippen molar-refractivity contribution in [2.24, 2.45) is 0 Å². The number of para-hydroxylation sites is 1. The first-order chi connectivity index (χ1) is 9.78. The Balaban J connectivity index is 2.06. The molecule has 2 heterocycles. The fourth-order valence-corrected chi connectivity index (χ4v) is 3.32. The van der Waals surface area contributed by atoms with Crippen LogP contribution in [0.3, 0.4) is 0 Å². The predicted molar refractivity (Wildman–Crippen MR) is 86.3 cm³/mol. The van der Waals surface area contributed by atoms with Gasteiger partial charge in [0.05, 0.1) is 5.52 Å². The fraction of sp³-hybridized carbons (Fsp3) is 0.235. The molecule has 3 aromatic rings. The number of aromatic nitrogens is 1. The van der Waals surface area contributed by atoms with Crippen molar-refractivity contribution in [1.29, 1.82) is 0 Å². The quantitative estimate of drug-likeness (QED) is 0.779. The average Bonchev–Trinajstić information content (AvgIpc) is 2.97. The number of hydrogen-bond donors (Lipinski definition) is 1. The molecule has 1 N–H and O–H groups in total. The minimum Gasteiger partial charge on any atom is -0.313 e. The van der Waals surface area contributed by atoms with Crippen LogP contribution in [0.15, 0.2) is 47.2 Å². The van der Waals surface area contributed by atoms with Crippen LogP contribution in [-0.2, 0) is 6.42 Å². The molecule has 102 valence electrons. The highest BCUT2D eigenvalue weighted by molar-refractivity contribution is 7.07. The summed E-state index contributed by atoms with van der Waals surface area (Å²) in [5, 5.41) is 9.06. The summed E-state index contributed by atoms with van der Waals surface area (Å²) in [4.78, 5) is 4.62. The van der Waals surface area contributed by atoms with E-state index in [1.165, 1.54) is 16.5 Å². The summed E-state index contributed by atoms with van der Waals surface area (Å²) in [6.07, 6.45) is 1.01. The van der Waals surface area contributed by atoms with Crippen molar-refractivity contribution >= 4 is 22.2 Å². The lowest BCUT2D eigenvalue weighted by molar-refractivity contribution is 0.596. The number of aryl methyl sites for hydroxylation is 1. The fourth-order valence-electron chi connectivity index (χ4n) is 2.64. The van der Waals surface area contributed by atoms with Crippen LogP contribution in [0, 0.1) is 6.92 Å². The third-order valence-electron chi connectivity index (χ3n) is 3.62. The third kappa shape index (κ3) is 2.60. The molecule has 0 radical (unpaired) electrons. The first-order valence-corrected chi connectivity index (χ1v) is 7.77. The SMILES string of the molecule is CNC(Cc1ccsc1)c1cc(C)nc2ccccc12. The number of benzene rings is 1. The predicted octanol–water partition coefficient (Wildman–Crippen LogP) is 4.11. The zero-order chi connectivity index (χ0) is 13.9. The topological polar surface area (TPSA) is 24.9 Å². The molecule has 3 heteroatoms. The Hall–Kier alpha value is -1.71. The van der Waals surface area contributed by atoms with Crippen molar-refractivity contribution in [3.05, 3.63) is 64.0 Å². The number of nitrogens with zero attached hydrogens (tertiary/aromatic N) is 1. The van der Waals surface area contributed by atoms with E-state index in [-0.39, 0.29) is 0 Å². The van der Waals surface area contributed by atoms with Crippen LogP contribution in [0.1, 0.15) is 22.9 Å². The first-order valence-electron chi connectivity index (χ1n) is 6.82. The minimum absolute atomic E-state index is 0.316. The zero-order valence-corrected chi connectivity index (χ0v) is 12.6. The Bertz CT molecular complexity index is 704. The van der Waals surface area contributed by atoms with Gasteiger partial charge in [-0.2, -0.15) is 11.3 Å². The van der Waals surface area contributed by atoms with Gasteiger partial charge in [0.1, 0.15) is 0 Å². The van der Waals surface area contributed by atoms with Gasteiger partial charge in [0, 0.05) is 17.1 Å². The van der Waals surface area contributed by atoms with E-state index in [0.717, 1.165) is 17.6 Å². The molecule has 1 unspecified atom stereocenters. The molecule has 0 aliphatic carbocycles. The summed E-state index contributed by atoms with van der Waals surface area (Å²) < 4.78 is 0. The van der Waals surface area contributed by atoms with E-state index < -0.39 is 0 Å². The van der Waals surface area contributed by atoms with E-state index in [1.807, 2.05) is 13.1 Å². The molecule has 0 bridgehead atoms. The largest absolute Gasteiger partial charge is 0.313 e. The highest BCUT2D eigenvalue weighted by Gasteiger charge is 2.14. The molecule has 0 saturated carbocycles. The molecule has 0 aliphatic heterocycles. The maximum absolute atomic E-state index is 4.62. The van der Waals surface area contributed by atoms with Gasteiger partial charge < -0.3 is 5.32 Å². The molecule has 2 aromatic heterocycles. The van der Waals surface area contributed by atoms with E-state index >= 15 is 0 Å². The lowest BCUT2D eigenvalue weighted by Crippen LogP contribution is -2.19. The highest BCUT2D eigenvalue weighted by Crippen LogP contribution is 2.27. The summed E-state index contributed by atoms with van der Waals surface area (Å²) in [7, 11) is 2.03. The van der Waals surface area contributed by atoms with Crippen molar-refractivity contribution in [3.63, 3.8) is 0 Å². The van der Waals surface area contributed by atoms with Crippen LogP contribution < -0.4 is 5.32 Å². The maximum Gasteiger partial charge on any atom is 0.0708 e. The average molecular weight is 282 g/mol. The number of hydrogen-bond acceptors (Lipinski definition) is 3. The second kappa shape index (κ2) is 5.73. The Morgan fingerprint density at radius 3 is 2.85 bits per heavy atom. The Morgan fingerprint density at radius 2 is 2.10 bits per heavy atom. The van der Waals surface area contributed by atoms with Crippen LogP contribution >= 0.6 is 11.3 Å². The van der Waals surface area contributed by atoms with E-state index in [0.29, 0.717) is 6.04 Å². The van der Waals surface area contributed by atoms with Crippen LogP contribution in [0.2, 0.25) is 0 Å². The molecular weight excluding hydrogens is 264 g/mol. The van der Waals surface area contributed by atoms with E-state index in [9.17, 15) is 0 Å². The number of likely N-dealkylation sites (N-methyl/N-ethyl adjacent to an activating group) is 1. The molecule has 0 spiro atoms. The van der Waals surface area contributed by atoms with Crippen molar-refractivity contribution < 1.29 is 0 Å². The van der Waals surface area contributed by atoms with E-state index in [4.69, 9.17) is 0 Å². The zero-order valence-electron chi connectivity index (χ0n) is 11.8. The van der Waals surface area contributed by atoms with Crippen molar-refractivity contribution in [3.8, 4) is 0 Å². The number of nitrogens with one attached hydrogen (secondary N) is 1. The second-order valence-corrected chi connectivity index (χ2v) is 5.83. The first kappa shape index (κ1) is 13.3. The number of thiophene rings is 1. The second-order valence-electron chi connectivity index (χ2n) is 5.05. The Labute approximate surface area is 123 Å². The normalized spacial score (nSPS) is 12.7. The molecular formula is C17H18N2S. The summed E-state index contributed by atoms with van der Waals surface area (Å²) in [6, 6.07) is 13.1. The summed E-state index contributed by atoms with van der Waals surface area (Å²) in [5.74, 6) is 0. The highest BCUT2D eigenvalue weighted by atomic mass is 32.1. The Morgan fingerprint density at radius 1 is 1.25 bits per heavy atom. The van der Waals surface area contributed by atoms with Gasteiger partial charge in [-0.05, 0) is 60.5 Å². The van der Waals surface area contributed by atoms with Gasteiger partial charge in [-0.15, -0.1) is 0 Å². The monoisotopic (exact) mass is 282 g/mol. The molecule has 1 aromatic carbocycles. The van der Waals surface area contributed by atoms with Crippen LogP contribution in [-0.4, -0.2) is 12.0 Å². The van der Waals surface area contributed by atoms with Crippen LogP contribution in [0.5, 0.6) is 0 Å². The lowest BCUT2D eigenvalue weighted by atomic mass is 9.96. The molecule has 0 aliphatic rings. The number of pyridine rings is 1. The number of fused-ring (bicyclic) bond motifs is 1. The van der Waals surface area contributed by atoms with Gasteiger partial charge in [0.15, 0.2) is 0 Å². The van der Waals surface area contributed by atoms with E-state index in [1.54, 1.807) is 11.3 Å². The minimum atomic E-state index is 0.316. The van der Waals surface area contributed by atoms with Gasteiger partial charge in [-0.1, -0.05) is 18.2 Å². The van der Waals surface area contributed by atoms with Gasteiger partial charge in [0.25, 0.3) is 0 Å². The van der Waals surface area contributed by atoms with Crippen molar-refractivity contribution in [2.45, 2.75) is 19.4 Å². The van der Waals surface area contributed by atoms with Gasteiger partial charge in [0.2, 0.25) is 0 Å². The van der Waals surface area contributed by atoms with Gasteiger partial charge in [-0.3, -0.25) is 4.98 Å². The third-order valence-corrected chi connectivity index (χ3v) is 4.35. The molecule has 3 rings (SSSR count). The molecule has 20 heavy (non-hydrogen) atoms. The standard InChI is InChI=1S/C17H18N2S/c1-12-9-15(14-5-3-4-6-16(14)19-12)17(18-2)10-13-7-8-20-11-13/h3-9,11,17-18H,10H2,1-2H3. The summed E-state index contributed by atoms with van der Waals surface area (Å²) in [5.41, 5.74) is 4.87. The molecule has 0 fully saturated rings. The molecule has 0 saturated heterocycles. The van der Waals surface area contributed by atoms with Crippen LogP contribution in [0.25, 0.3) is 10.9 Å². The maximum atomic E-state index is 4.62. The van der Waals surface area contributed by atoms with Crippen LogP contribution in [0.4, 0.5) is 0 Å². The van der Waals surface area contributed by atoms with E-state index in [2.05, 4.69) is 58.3 Å². The summed E-state index contributed by atoms with van der Waals surface area (Å²) >= 11 is 1.75.